The molecule has 0 saturated carbocycles. The third-order valence-electron chi connectivity index (χ3n) is 6.09. The molecule has 0 atom stereocenters. The van der Waals surface area contributed by atoms with Gasteiger partial charge in [-0.1, -0.05) is 50.2 Å². The van der Waals surface area contributed by atoms with E-state index in [1.165, 1.54) is 6.42 Å². The lowest BCUT2D eigenvalue weighted by atomic mass is 10.0. The minimum atomic E-state index is -0.0896. The number of hydrogen-bond donors (Lipinski definition) is 0. The molecule has 3 aromatic rings. The van der Waals surface area contributed by atoms with E-state index in [1.807, 2.05) is 35.2 Å². The molecule has 0 radical (unpaired) electrons. The van der Waals surface area contributed by atoms with Gasteiger partial charge in [0.1, 0.15) is 5.76 Å². The fraction of sp³-hybridized carbons (Fsp3) is 0.385. The van der Waals surface area contributed by atoms with Gasteiger partial charge < -0.3 is 9.32 Å². The Morgan fingerprint density at radius 2 is 1.71 bits per heavy atom. The maximum atomic E-state index is 13.4. The van der Waals surface area contributed by atoms with Crippen molar-refractivity contribution in [2.24, 2.45) is 5.92 Å². The molecule has 0 N–H and O–H groups in total. The SMILES string of the molecule is Cc1c(-c2ccccc2)oc2c(C(=O)N3CCN(CCC(C)C)CC3)cccc2c1=O. The van der Waals surface area contributed by atoms with Gasteiger partial charge in [-0.05, 0) is 37.9 Å². The highest BCUT2D eigenvalue weighted by molar-refractivity contribution is 6.05. The number of nitrogens with zero attached hydrogens (tertiary/aromatic N) is 2. The van der Waals surface area contributed by atoms with Gasteiger partial charge in [0.15, 0.2) is 11.0 Å². The number of carbonyl (C=O) groups is 1. The molecule has 0 bridgehead atoms. The highest BCUT2D eigenvalue weighted by Gasteiger charge is 2.25. The van der Waals surface area contributed by atoms with E-state index in [9.17, 15) is 9.59 Å². The van der Waals surface area contributed by atoms with Gasteiger partial charge in [0, 0.05) is 37.3 Å². The summed E-state index contributed by atoms with van der Waals surface area (Å²) in [4.78, 5) is 30.7. The second kappa shape index (κ2) is 9.06. The van der Waals surface area contributed by atoms with Gasteiger partial charge in [-0.3, -0.25) is 14.5 Å². The summed E-state index contributed by atoms with van der Waals surface area (Å²) >= 11 is 0. The van der Waals surface area contributed by atoms with Crippen LogP contribution in [0.4, 0.5) is 0 Å². The summed E-state index contributed by atoms with van der Waals surface area (Å²) in [7, 11) is 0. The van der Waals surface area contributed by atoms with Crippen LogP contribution in [-0.2, 0) is 0 Å². The van der Waals surface area contributed by atoms with E-state index in [1.54, 1.807) is 25.1 Å². The van der Waals surface area contributed by atoms with Crippen molar-refractivity contribution >= 4 is 16.9 Å². The zero-order valence-corrected chi connectivity index (χ0v) is 18.6. The Morgan fingerprint density at radius 3 is 2.39 bits per heavy atom. The van der Waals surface area contributed by atoms with Crippen LogP contribution in [0.1, 0.15) is 36.2 Å². The quantitative estimate of drug-likeness (QED) is 0.609. The molecule has 5 heteroatoms. The first-order valence-corrected chi connectivity index (χ1v) is 11.1. The van der Waals surface area contributed by atoms with Crippen molar-refractivity contribution in [3.63, 3.8) is 0 Å². The minimum Gasteiger partial charge on any atom is -0.455 e. The monoisotopic (exact) mass is 418 g/mol. The van der Waals surface area contributed by atoms with Crippen molar-refractivity contribution in [1.82, 2.24) is 9.80 Å². The molecule has 5 nitrogen and oxygen atoms in total. The number of amides is 1. The van der Waals surface area contributed by atoms with Crippen LogP contribution in [0.2, 0.25) is 0 Å². The summed E-state index contributed by atoms with van der Waals surface area (Å²) in [6, 6.07) is 14.9. The summed E-state index contributed by atoms with van der Waals surface area (Å²) in [5.74, 6) is 1.14. The molecule has 31 heavy (non-hydrogen) atoms. The zero-order valence-electron chi connectivity index (χ0n) is 18.6. The molecule has 0 spiro atoms. The number of fused-ring (bicyclic) bond motifs is 1. The number of rotatable bonds is 5. The standard InChI is InChI=1S/C26H30N2O3/c1-18(2)12-13-27-14-16-28(17-15-27)26(30)22-11-7-10-21-23(29)19(3)24(31-25(21)22)20-8-5-4-6-9-20/h4-11,18H,12-17H2,1-3H3. The van der Waals surface area contributed by atoms with Crippen LogP contribution in [0, 0.1) is 12.8 Å². The molecule has 162 valence electrons. The Bertz CT molecular complexity index is 1130. The van der Waals surface area contributed by atoms with E-state index < -0.39 is 0 Å². The third-order valence-corrected chi connectivity index (χ3v) is 6.09. The summed E-state index contributed by atoms with van der Waals surface area (Å²) in [5.41, 5.74) is 2.14. The van der Waals surface area contributed by atoms with E-state index in [0.717, 1.165) is 25.2 Å². The normalized spacial score (nSPS) is 15.0. The fourth-order valence-electron chi connectivity index (χ4n) is 4.13. The largest absolute Gasteiger partial charge is 0.455 e. The molecular formula is C26H30N2O3. The summed E-state index contributed by atoms with van der Waals surface area (Å²) in [6.07, 6.45) is 1.17. The van der Waals surface area contributed by atoms with Crippen molar-refractivity contribution in [2.45, 2.75) is 27.2 Å². The van der Waals surface area contributed by atoms with Crippen molar-refractivity contribution in [3.05, 3.63) is 69.9 Å². The van der Waals surface area contributed by atoms with Crippen LogP contribution >= 0.6 is 0 Å². The van der Waals surface area contributed by atoms with Gasteiger partial charge in [-0.25, -0.2) is 0 Å². The minimum absolute atomic E-state index is 0.0693. The topological polar surface area (TPSA) is 53.8 Å². The predicted molar refractivity (Wildman–Crippen MR) is 124 cm³/mol. The van der Waals surface area contributed by atoms with Gasteiger partial charge in [-0.15, -0.1) is 0 Å². The van der Waals surface area contributed by atoms with Gasteiger partial charge in [0.05, 0.1) is 10.9 Å². The summed E-state index contributed by atoms with van der Waals surface area (Å²) < 4.78 is 6.23. The lowest BCUT2D eigenvalue weighted by Crippen LogP contribution is -2.49. The van der Waals surface area contributed by atoms with E-state index >= 15 is 0 Å². The van der Waals surface area contributed by atoms with E-state index in [0.29, 0.717) is 46.9 Å². The Balaban J connectivity index is 1.65. The Kier molecular flexibility index (Phi) is 6.23. The van der Waals surface area contributed by atoms with Crippen molar-refractivity contribution in [3.8, 4) is 11.3 Å². The predicted octanol–water partition coefficient (Wildman–Crippen LogP) is 4.57. The fourth-order valence-corrected chi connectivity index (χ4v) is 4.13. The molecule has 1 saturated heterocycles. The van der Waals surface area contributed by atoms with Crippen LogP contribution in [0.5, 0.6) is 0 Å². The van der Waals surface area contributed by atoms with Crippen LogP contribution in [-0.4, -0.2) is 48.4 Å². The maximum absolute atomic E-state index is 13.4. The highest BCUT2D eigenvalue weighted by Crippen LogP contribution is 2.28. The van der Waals surface area contributed by atoms with Crippen molar-refractivity contribution < 1.29 is 9.21 Å². The smallest absolute Gasteiger partial charge is 0.257 e. The average molecular weight is 419 g/mol. The molecule has 0 unspecified atom stereocenters. The van der Waals surface area contributed by atoms with E-state index in [-0.39, 0.29) is 11.3 Å². The Hall–Kier alpha value is -2.92. The number of para-hydroxylation sites is 1. The number of hydrogen-bond acceptors (Lipinski definition) is 4. The molecule has 1 amide bonds. The highest BCUT2D eigenvalue weighted by atomic mass is 16.3. The number of piperazine rings is 1. The second-order valence-corrected chi connectivity index (χ2v) is 8.75. The Morgan fingerprint density at radius 1 is 1.00 bits per heavy atom. The first-order valence-electron chi connectivity index (χ1n) is 11.1. The molecule has 1 aliphatic rings. The van der Waals surface area contributed by atoms with E-state index in [2.05, 4.69) is 18.7 Å². The molecule has 1 aromatic heterocycles. The maximum Gasteiger partial charge on any atom is 0.257 e. The first-order chi connectivity index (χ1) is 15.0. The van der Waals surface area contributed by atoms with Crippen LogP contribution in [0.15, 0.2) is 57.7 Å². The van der Waals surface area contributed by atoms with Gasteiger partial charge in [0.2, 0.25) is 0 Å². The number of benzene rings is 2. The lowest BCUT2D eigenvalue weighted by Gasteiger charge is -2.35. The second-order valence-electron chi connectivity index (χ2n) is 8.75. The lowest BCUT2D eigenvalue weighted by molar-refractivity contribution is 0.0632. The zero-order chi connectivity index (χ0) is 22.0. The molecule has 1 aliphatic heterocycles. The van der Waals surface area contributed by atoms with Crippen molar-refractivity contribution in [1.29, 1.82) is 0 Å². The molecule has 2 aromatic carbocycles. The van der Waals surface area contributed by atoms with Gasteiger partial charge in [0.25, 0.3) is 5.91 Å². The molecule has 0 aliphatic carbocycles. The van der Waals surface area contributed by atoms with Gasteiger partial charge in [-0.2, -0.15) is 0 Å². The Labute approximate surface area is 183 Å². The van der Waals surface area contributed by atoms with Crippen LogP contribution in [0.25, 0.3) is 22.3 Å². The van der Waals surface area contributed by atoms with E-state index in [4.69, 9.17) is 4.42 Å². The molecule has 2 heterocycles. The van der Waals surface area contributed by atoms with Crippen LogP contribution in [0.3, 0.4) is 0 Å². The third kappa shape index (κ3) is 4.42. The van der Waals surface area contributed by atoms with Crippen LogP contribution < -0.4 is 5.43 Å². The van der Waals surface area contributed by atoms with Crippen molar-refractivity contribution in [2.75, 3.05) is 32.7 Å². The molecule has 1 fully saturated rings. The summed E-state index contributed by atoms with van der Waals surface area (Å²) in [5, 5.41) is 0.457. The molecular weight excluding hydrogens is 388 g/mol. The first kappa shape index (κ1) is 21.3. The van der Waals surface area contributed by atoms with Gasteiger partial charge >= 0.3 is 0 Å². The number of carbonyl (C=O) groups excluding carboxylic acids is 1. The average Bonchev–Trinajstić information content (AvgIpc) is 2.80. The summed E-state index contributed by atoms with van der Waals surface area (Å²) in [6.45, 7) is 10.5. The molecule has 4 rings (SSSR count).